The summed E-state index contributed by atoms with van der Waals surface area (Å²) in [6.45, 7) is -0.0546. The van der Waals surface area contributed by atoms with Crippen molar-refractivity contribution in [1.29, 1.82) is 0 Å². The number of carbonyl (C=O) groups is 1. The number of nitrogens with one attached hydrogen (secondary N) is 1. The van der Waals surface area contributed by atoms with Crippen molar-refractivity contribution in [2.75, 3.05) is 13.7 Å². The SMILES string of the molecule is COCC(=O)Oc1ccc2nc[nH]c2c1. The first-order valence-corrected chi connectivity index (χ1v) is 4.42. The van der Waals surface area contributed by atoms with Crippen molar-refractivity contribution in [2.24, 2.45) is 0 Å². The van der Waals surface area contributed by atoms with Crippen LogP contribution in [0.4, 0.5) is 0 Å². The van der Waals surface area contributed by atoms with E-state index in [1.807, 2.05) is 0 Å². The van der Waals surface area contributed by atoms with Crippen LogP contribution < -0.4 is 4.74 Å². The van der Waals surface area contributed by atoms with E-state index >= 15 is 0 Å². The number of benzene rings is 1. The van der Waals surface area contributed by atoms with Crippen LogP contribution in [0.2, 0.25) is 0 Å². The number of esters is 1. The van der Waals surface area contributed by atoms with E-state index < -0.39 is 5.97 Å². The van der Waals surface area contributed by atoms with Gasteiger partial charge >= 0.3 is 5.97 Å². The van der Waals surface area contributed by atoms with E-state index in [1.165, 1.54) is 7.11 Å². The minimum Gasteiger partial charge on any atom is -0.425 e. The zero-order valence-electron chi connectivity index (χ0n) is 8.19. The van der Waals surface area contributed by atoms with Crippen molar-refractivity contribution >= 4 is 17.0 Å². The molecule has 0 aliphatic rings. The van der Waals surface area contributed by atoms with Gasteiger partial charge in [0.25, 0.3) is 0 Å². The van der Waals surface area contributed by atoms with E-state index in [2.05, 4.69) is 14.7 Å². The molecule has 78 valence electrons. The van der Waals surface area contributed by atoms with Gasteiger partial charge in [-0.05, 0) is 12.1 Å². The topological polar surface area (TPSA) is 64.2 Å². The second-order valence-electron chi connectivity index (χ2n) is 2.99. The highest BCUT2D eigenvalue weighted by Crippen LogP contribution is 2.17. The number of aromatic amines is 1. The Morgan fingerprint density at radius 1 is 1.53 bits per heavy atom. The average molecular weight is 206 g/mol. The Morgan fingerprint density at radius 3 is 3.20 bits per heavy atom. The van der Waals surface area contributed by atoms with Crippen molar-refractivity contribution < 1.29 is 14.3 Å². The fourth-order valence-electron chi connectivity index (χ4n) is 1.26. The number of ether oxygens (including phenoxy) is 2. The number of fused-ring (bicyclic) bond motifs is 1. The van der Waals surface area contributed by atoms with Crippen LogP contribution in [0.25, 0.3) is 11.0 Å². The molecular weight excluding hydrogens is 196 g/mol. The highest BCUT2D eigenvalue weighted by atomic mass is 16.6. The Labute approximate surface area is 86.0 Å². The molecule has 0 atom stereocenters. The first-order valence-electron chi connectivity index (χ1n) is 4.42. The maximum Gasteiger partial charge on any atom is 0.337 e. The molecule has 2 aromatic rings. The summed E-state index contributed by atoms with van der Waals surface area (Å²) in [5.41, 5.74) is 1.67. The molecule has 0 aliphatic heterocycles. The molecule has 0 radical (unpaired) electrons. The van der Waals surface area contributed by atoms with Crippen molar-refractivity contribution in [3.8, 4) is 5.75 Å². The lowest BCUT2D eigenvalue weighted by atomic mass is 10.3. The summed E-state index contributed by atoms with van der Waals surface area (Å²) >= 11 is 0. The van der Waals surface area contributed by atoms with Gasteiger partial charge in [-0.25, -0.2) is 9.78 Å². The van der Waals surface area contributed by atoms with Crippen molar-refractivity contribution in [3.05, 3.63) is 24.5 Å². The van der Waals surface area contributed by atoms with Crippen molar-refractivity contribution in [2.45, 2.75) is 0 Å². The third-order valence-corrected chi connectivity index (χ3v) is 1.89. The van der Waals surface area contributed by atoms with Crippen LogP contribution in [0.3, 0.4) is 0 Å². The van der Waals surface area contributed by atoms with Crippen LogP contribution in [-0.4, -0.2) is 29.7 Å². The number of hydrogen-bond acceptors (Lipinski definition) is 4. The summed E-state index contributed by atoms with van der Waals surface area (Å²) < 4.78 is 9.67. The van der Waals surface area contributed by atoms with Crippen LogP contribution in [-0.2, 0) is 9.53 Å². The molecule has 0 bridgehead atoms. The van der Waals surface area contributed by atoms with Crippen LogP contribution in [0.1, 0.15) is 0 Å². The summed E-state index contributed by atoms with van der Waals surface area (Å²) in [5.74, 6) is 0.0603. The van der Waals surface area contributed by atoms with Gasteiger partial charge in [0.2, 0.25) is 0 Å². The fraction of sp³-hybridized carbons (Fsp3) is 0.200. The minimum absolute atomic E-state index is 0.0546. The van der Waals surface area contributed by atoms with Crippen molar-refractivity contribution in [3.63, 3.8) is 0 Å². The molecule has 15 heavy (non-hydrogen) atoms. The Morgan fingerprint density at radius 2 is 2.40 bits per heavy atom. The van der Waals surface area contributed by atoms with E-state index in [9.17, 15) is 4.79 Å². The second-order valence-corrected chi connectivity index (χ2v) is 2.99. The summed E-state index contributed by atoms with van der Waals surface area (Å²) in [6.07, 6.45) is 1.59. The number of hydrogen-bond donors (Lipinski definition) is 1. The number of aromatic nitrogens is 2. The lowest BCUT2D eigenvalue weighted by molar-refractivity contribution is -0.138. The predicted molar refractivity (Wildman–Crippen MR) is 53.6 cm³/mol. The molecule has 0 saturated carbocycles. The van der Waals surface area contributed by atoms with Crippen LogP contribution in [0.15, 0.2) is 24.5 Å². The average Bonchev–Trinajstić information content (AvgIpc) is 2.65. The third kappa shape index (κ3) is 2.13. The lowest BCUT2D eigenvalue weighted by Gasteiger charge is -2.02. The highest BCUT2D eigenvalue weighted by Gasteiger charge is 2.05. The highest BCUT2D eigenvalue weighted by molar-refractivity contribution is 5.79. The summed E-state index contributed by atoms with van der Waals surface area (Å²) in [6, 6.07) is 5.19. The monoisotopic (exact) mass is 206 g/mol. The Kier molecular flexibility index (Phi) is 2.64. The number of rotatable bonds is 3. The van der Waals surface area contributed by atoms with E-state index in [0.29, 0.717) is 5.75 Å². The van der Waals surface area contributed by atoms with Gasteiger partial charge in [0.05, 0.1) is 17.4 Å². The van der Waals surface area contributed by atoms with E-state index in [0.717, 1.165) is 11.0 Å². The summed E-state index contributed by atoms with van der Waals surface area (Å²) in [5, 5.41) is 0. The Bertz CT molecular complexity index is 478. The van der Waals surface area contributed by atoms with Gasteiger partial charge in [-0.1, -0.05) is 0 Å². The zero-order chi connectivity index (χ0) is 10.7. The molecule has 0 amide bonds. The molecule has 0 fully saturated rings. The number of methoxy groups -OCH3 is 1. The standard InChI is InChI=1S/C10H10N2O3/c1-14-5-10(13)15-7-2-3-8-9(4-7)12-6-11-8/h2-4,6H,5H2,1H3,(H,11,12). The molecule has 1 heterocycles. The van der Waals surface area contributed by atoms with Crippen molar-refractivity contribution in [1.82, 2.24) is 9.97 Å². The summed E-state index contributed by atoms with van der Waals surface area (Å²) in [7, 11) is 1.44. The van der Waals surface area contributed by atoms with Gasteiger partial charge < -0.3 is 14.5 Å². The molecule has 0 spiro atoms. The molecule has 2 rings (SSSR count). The molecule has 1 aromatic carbocycles. The quantitative estimate of drug-likeness (QED) is 0.603. The van der Waals surface area contributed by atoms with Gasteiger partial charge in [-0.3, -0.25) is 0 Å². The minimum atomic E-state index is -0.420. The number of carbonyl (C=O) groups excluding carboxylic acids is 1. The third-order valence-electron chi connectivity index (χ3n) is 1.89. The van der Waals surface area contributed by atoms with Gasteiger partial charge in [-0.15, -0.1) is 0 Å². The second kappa shape index (κ2) is 4.10. The molecule has 0 aliphatic carbocycles. The first kappa shape index (κ1) is 9.67. The predicted octanol–water partition coefficient (Wildman–Crippen LogP) is 1.11. The first-order chi connectivity index (χ1) is 7.29. The molecule has 0 unspecified atom stereocenters. The maximum absolute atomic E-state index is 11.1. The molecule has 5 nitrogen and oxygen atoms in total. The lowest BCUT2D eigenvalue weighted by Crippen LogP contribution is -2.13. The van der Waals surface area contributed by atoms with Gasteiger partial charge in [0, 0.05) is 13.2 Å². The Hall–Kier alpha value is -1.88. The van der Waals surface area contributed by atoms with Gasteiger partial charge in [0.1, 0.15) is 12.4 Å². The number of nitrogens with zero attached hydrogens (tertiary/aromatic N) is 1. The smallest absolute Gasteiger partial charge is 0.337 e. The Balaban J connectivity index is 2.17. The fourth-order valence-corrected chi connectivity index (χ4v) is 1.26. The van der Waals surface area contributed by atoms with E-state index in [-0.39, 0.29) is 6.61 Å². The normalized spacial score (nSPS) is 10.5. The van der Waals surface area contributed by atoms with Crippen LogP contribution in [0.5, 0.6) is 5.75 Å². The van der Waals surface area contributed by atoms with Gasteiger partial charge in [0.15, 0.2) is 0 Å². The molecule has 5 heteroatoms. The zero-order valence-corrected chi connectivity index (χ0v) is 8.19. The van der Waals surface area contributed by atoms with E-state index in [4.69, 9.17) is 4.74 Å². The number of imidazole rings is 1. The summed E-state index contributed by atoms with van der Waals surface area (Å²) in [4.78, 5) is 18.1. The number of H-pyrrole nitrogens is 1. The largest absolute Gasteiger partial charge is 0.425 e. The molecule has 1 aromatic heterocycles. The van der Waals surface area contributed by atoms with Gasteiger partial charge in [-0.2, -0.15) is 0 Å². The van der Waals surface area contributed by atoms with Crippen LogP contribution >= 0.6 is 0 Å². The molecular formula is C10H10N2O3. The van der Waals surface area contributed by atoms with Crippen LogP contribution in [0, 0.1) is 0 Å². The maximum atomic E-state index is 11.1. The van der Waals surface area contributed by atoms with E-state index in [1.54, 1.807) is 24.5 Å². The molecule has 0 saturated heterocycles. The molecule has 1 N–H and O–H groups in total.